The molecular weight excluding hydrogens is 282 g/mol. The quantitative estimate of drug-likeness (QED) is 0.911. The van der Waals surface area contributed by atoms with Gasteiger partial charge in [0.25, 0.3) is 0 Å². The van der Waals surface area contributed by atoms with E-state index in [0.717, 1.165) is 30.8 Å². The minimum absolute atomic E-state index is 0.0335. The second kappa shape index (κ2) is 5.59. The van der Waals surface area contributed by atoms with Gasteiger partial charge in [-0.3, -0.25) is 0 Å². The fourth-order valence-corrected chi connectivity index (χ4v) is 4.81. The van der Waals surface area contributed by atoms with Gasteiger partial charge in [-0.15, -0.1) is 11.3 Å². The Morgan fingerprint density at radius 1 is 1.53 bits per heavy atom. The topological polar surface area (TPSA) is 73.2 Å². The van der Waals surface area contributed by atoms with Crippen LogP contribution in [0.25, 0.3) is 0 Å². The summed E-state index contributed by atoms with van der Waals surface area (Å²) in [7, 11) is -1.46. The van der Waals surface area contributed by atoms with E-state index in [-0.39, 0.29) is 16.2 Å². The molecule has 2 heterocycles. The molecule has 5 nitrogen and oxygen atoms in total. The normalized spacial score (nSPS) is 25.1. The molecule has 2 unspecified atom stereocenters. The molecule has 1 fully saturated rings. The van der Waals surface area contributed by atoms with E-state index >= 15 is 0 Å². The zero-order chi connectivity index (χ0) is 14.0. The van der Waals surface area contributed by atoms with E-state index in [9.17, 15) is 8.42 Å². The SMILES string of the molecule is CC1CN(C)CCC1NS(=O)(=O)c1ccc(C#N)s1. The van der Waals surface area contributed by atoms with Crippen molar-refractivity contribution in [2.24, 2.45) is 5.92 Å². The predicted octanol–water partition coefficient (Wildman–Crippen LogP) is 1.24. The highest BCUT2D eigenvalue weighted by atomic mass is 32.2. The molecule has 7 heteroatoms. The second-order valence-electron chi connectivity index (χ2n) is 4.99. The van der Waals surface area contributed by atoms with Crippen molar-refractivity contribution in [3.8, 4) is 6.07 Å². The lowest BCUT2D eigenvalue weighted by Crippen LogP contribution is -2.48. The number of hydrogen-bond donors (Lipinski definition) is 1. The molecule has 0 bridgehead atoms. The summed E-state index contributed by atoms with van der Waals surface area (Å²) >= 11 is 1.01. The number of likely N-dealkylation sites (tertiary alicyclic amines) is 1. The van der Waals surface area contributed by atoms with Gasteiger partial charge < -0.3 is 4.90 Å². The monoisotopic (exact) mass is 299 g/mol. The van der Waals surface area contributed by atoms with Crippen LogP contribution in [-0.2, 0) is 10.0 Å². The van der Waals surface area contributed by atoms with Crippen LogP contribution in [0.5, 0.6) is 0 Å². The van der Waals surface area contributed by atoms with Crippen LogP contribution in [0.15, 0.2) is 16.3 Å². The van der Waals surface area contributed by atoms with Gasteiger partial charge in [0.2, 0.25) is 10.0 Å². The third-order valence-corrected chi connectivity index (χ3v) is 6.34. The molecule has 1 N–H and O–H groups in total. The van der Waals surface area contributed by atoms with Crippen molar-refractivity contribution >= 4 is 21.4 Å². The molecule has 2 rings (SSSR count). The molecule has 1 aliphatic rings. The molecule has 2 atom stereocenters. The molecule has 0 radical (unpaired) electrons. The van der Waals surface area contributed by atoms with E-state index in [1.165, 1.54) is 12.1 Å². The first-order valence-corrected chi connectivity index (χ1v) is 8.43. The Hall–Kier alpha value is -0.940. The van der Waals surface area contributed by atoms with Crippen LogP contribution in [0.2, 0.25) is 0 Å². The first-order valence-electron chi connectivity index (χ1n) is 6.13. The maximum absolute atomic E-state index is 12.2. The molecule has 1 saturated heterocycles. The Bertz CT molecular complexity index is 588. The molecule has 0 amide bonds. The summed E-state index contributed by atoms with van der Waals surface area (Å²) in [6.45, 7) is 3.84. The van der Waals surface area contributed by atoms with Crippen LogP contribution in [0, 0.1) is 17.2 Å². The van der Waals surface area contributed by atoms with Gasteiger partial charge in [-0.05, 0) is 38.1 Å². The minimum Gasteiger partial charge on any atom is -0.306 e. The summed E-state index contributed by atoms with van der Waals surface area (Å²) in [4.78, 5) is 2.62. The lowest BCUT2D eigenvalue weighted by atomic mass is 9.95. The number of nitrogens with zero attached hydrogens (tertiary/aromatic N) is 2. The van der Waals surface area contributed by atoms with E-state index in [4.69, 9.17) is 5.26 Å². The maximum Gasteiger partial charge on any atom is 0.250 e. The number of piperidine rings is 1. The van der Waals surface area contributed by atoms with Crippen LogP contribution in [-0.4, -0.2) is 39.5 Å². The molecule has 0 saturated carbocycles. The Morgan fingerprint density at radius 2 is 2.26 bits per heavy atom. The highest BCUT2D eigenvalue weighted by molar-refractivity contribution is 7.91. The molecule has 1 aromatic heterocycles. The molecule has 19 heavy (non-hydrogen) atoms. The highest BCUT2D eigenvalue weighted by Crippen LogP contribution is 2.23. The standard InChI is InChI=1S/C12H17N3O2S2/c1-9-8-15(2)6-5-11(9)14-19(16,17)12-4-3-10(7-13)18-12/h3-4,9,11,14H,5-6,8H2,1-2H3. The zero-order valence-electron chi connectivity index (χ0n) is 11.0. The Labute approximate surface area is 117 Å². The van der Waals surface area contributed by atoms with Crippen LogP contribution >= 0.6 is 11.3 Å². The summed E-state index contributed by atoms with van der Waals surface area (Å²) in [5, 5.41) is 8.75. The first kappa shape index (κ1) is 14.5. The summed E-state index contributed by atoms with van der Waals surface area (Å²) in [6.07, 6.45) is 0.813. The molecular formula is C12H17N3O2S2. The van der Waals surface area contributed by atoms with Crippen molar-refractivity contribution in [1.82, 2.24) is 9.62 Å². The van der Waals surface area contributed by atoms with Gasteiger partial charge in [0.1, 0.15) is 15.2 Å². The van der Waals surface area contributed by atoms with Crippen molar-refractivity contribution < 1.29 is 8.42 Å². The molecule has 104 valence electrons. The minimum atomic E-state index is -3.50. The van der Waals surface area contributed by atoms with Crippen LogP contribution in [0.3, 0.4) is 0 Å². The lowest BCUT2D eigenvalue weighted by molar-refractivity contribution is 0.188. The van der Waals surface area contributed by atoms with Crippen molar-refractivity contribution in [1.29, 1.82) is 5.26 Å². The third kappa shape index (κ3) is 3.34. The van der Waals surface area contributed by atoms with Crippen LogP contribution in [0.4, 0.5) is 0 Å². The lowest BCUT2D eigenvalue weighted by Gasteiger charge is -2.34. The summed E-state index contributed by atoms with van der Waals surface area (Å²) in [5.41, 5.74) is 0. The highest BCUT2D eigenvalue weighted by Gasteiger charge is 2.29. The van der Waals surface area contributed by atoms with Crippen molar-refractivity contribution in [3.63, 3.8) is 0 Å². The Balaban J connectivity index is 2.11. The van der Waals surface area contributed by atoms with Gasteiger partial charge in [-0.2, -0.15) is 5.26 Å². The fraction of sp³-hybridized carbons (Fsp3) is 0.583. The maximum atomic E-state index is 12.2. The van der Waals surface area contributed by atoms with Crippen molar-refractivity contribution in [2.75, 3.05) is 20.1 Å². The second-order valence-corrected chi connectivity index (χ2v) is 8.01. The summed E-state index contributed by atoms with van der Waals surface area (Å²) in [6, 6.07) is 4.95. The van der Waals surface area contributed by atoms with Gasteiger partial charge in [0.05, 0.1) is 0 Å². The van der Waals surface area contributed by atoms with Gasteiger partial charge >= 0.3 is 0 Å². The molecule has 0 aliphatic carbocycles. The van der Waals surface area contributed by atoms with Gasteiger partial charge in [-0.1, -0.05) is 6.92 Å². The Kier molecular flexibility index (Phi) is 4.26. The number of thiophene rings is 1. The number of hydrogen-bond acceptors (Lipinski definition) is 5. The predicted molar refractivity (Wildman–Crippen MR) is 74.4 cm³/mol. The van der Waals surface area contributed by atoms with E-state index < -0.39 is 10.0 Å². The van der Waals surface area contributed by atoms with E-state index in [0.29, 0.717) is 4.88 Å². The van der Waals surface area contributed by atoms with Crippen LogP contribution < -0.4 is 4.72 Å². The zero-order valence-corrected chi connectivity index (χ0v) is 12.6. The Morgan fingerprint density at radius 3 is 2.84 bits per heavy atom. The molecule has 1 aromatic rings. The van der Waals surface area contributed by atoms with Crippen LogP contribution in [0.1, 0.15) is 18.2 Å². The van der Waals surface area contributed by atoms with Crippen molar-refractivity contribution in [3.05, 3.63) is 17.0 Å². The third-order valence-electron chi connectivity index (χ3n) is 3.37. The average molecular weight is 299 g/mol. The van der Waals surface area contributed by atoms with Crippen molar-refractivity contribution in [2.45, 2.75) is 23.6 Å². The summed E-state index contributed by atoms with van der Waals surface area (Å²) in [5.74, 6) is 0.281. The summed E-state index contributed by atoms with van der Waals surface area (Å²) < 4.78 is 27.4. The first-order chi connectivity index (χ1) is 8.92. The average Bonchev–Trinajstić information content (AvgIpc) is 2.82. The van der Waals surface area contributed by atoms with E-state index in [1.807, 2.05) is 13.1 Å². The number of nitriles is 1. The molecule has 0 aromatic carbocycles. The number of nitrogens with one attached hydrogen (secondary N) is 1. The van der Waals surface area contributed by atoms with E-state index in [2.05, 4.69) is 16.5 Å². The smallest absolute Gasteiger partial charge is 0.250 e. The van der Waals surface area contributed by atoms with Gasteiger partial charge in [0.15, 0.2) is 0 Å². The molecule has 0 spiro atoms. The fourth-order valence-electron chi connectivity index (χ4n) is 2.31. The largest absolute Gasteiger partial charge is 0.306 e. The van der Waals surface area contributed by atoms with Gasteiger partial charge in [0, 0.05) is 12.6 Å². The molecule has 1 aliphatic heterocycles. The number of sulfonamides is 1. The van der Waals surface area contributed by atoms with Gasteiger partial charge in [-0.25, -0.2) is 13.1 Å². The number of rotatable bonds is 3. The van der Waals surface area contributed by atoms with E-state index in [1.54, 1.807) is 0 Å².